The first kappa shape index (κ1) is 73.0. The Morgan fingerprint density at radius 1 is 0.606 bits per heavy atom. The zero-order valence-corrected chi connectivity index (χ0v) is 53.1. The number of nitrogens with zero attached hydrogens (tertiary/aromatic N) is 2. The van der Waals surface area contributed by atoms with Gasteiger partial charge in [-0.25, -0.2) is 0 Å². The summed E-state index contributed by atoms with van der Waals surface area (Å²) in [5.74, 6) is -8.83. The number of carbonyl (C=O) groups is 11. The predicted octanol–water partition coefficient (Wildman–Crippen LogP) is -1.08. The molecule has 2 fully saturated rings. The van der Waals surface area contributed by atoms with Crippen LogP contribution < -0.4 is 65.1 Å². The third-order valence-corrected chi connectivity index (χ3v) is 15.9. The monoisotopic (exact) mass is 1320 g/mol. The van der Waals surface area contributed by atoms with Crippen molar-refractivity contribution >= 4 is 94.2 Å². The number of H-pyrrole nitrogens is 1. The molecular formula is C65H84ClN15O13. The molecule has 28 nitrogen and oxygen atoms in total. The number of fused-ring (bicyclic) bond motifs is 1. The summed E-state index contributed by atoms with van der Waals surface area (Å²) in [6.07, 6.45) is 2.30. The zero-order valence-electron chi connectivity index (χ0n) is 52.3. The third kappa shape index (κ3) is 21.8. The minimum absolute atomic E-state index is 0. The van der Waals surface area contributed by atoms with Crippen molar-refractivity contribution in [1.29, 1.82) is 0 Å². The number of benzene rings is 4. The Bertz CT molecular complexity index is 3480. The number of aliphatic hydroxyl groups excluding tert-OH is 1. The summed E-state index contributed by atoms with van der Waals surface area (Å²) < 4.78 is 0. The molecule has 3 heterocycles. The molecule has 0 spiro atoms. The number of halogens is 1. The van der Waals surface area contributed by atoms with E-state index < -0.39 is 127 Å². The van der Waals surface area contributed by atoms with Gasteiger partial charge in [-0.05, 0) is 84.9 Å². The maximum atomic E-state index is 14.9. The van der Waals surface area contributed by atoms with E-state index in [-0.39, 0.29) is 113 Å². The van der Waals surface area contributed by atoms with E-state index in [1.807, 2.05) is 6.07 Å². The first-order chi connectivity index (χ1) is 44.5. The second-order valence-corrected chi connectivity index (χ2v) is 23.5. The van der Waals surface area contributed by atoms with Gasteiger partial charge in [-0.15, -0.1) is 12.4 Å². The smallest absolute Gasteiger partial charge is 0.245 e. The topological polar surface area (TPSA) is 446 Å². The molecule has 2 aliphatic rings. The minimum Gasteiger partial charge on any atom is -0.508 e. The third-order valence-electron chi connectivity index (χ3n) is 15.9. The fourth-order valence-electron chi connectivity index (χ4n) is 11.1. The summed E-state index contributed by atoms with van der Waals surface area (Å²) in [6, 6.07) is 18.3. The summed E-state index contributed by atoms with van der Waals surface area (Å²) in [5.41, 5.74) is 19.3. The minimum atomic E-state index is -1.78. The van der Waals surface area contributed by atoms with Crippen LogP contribution in [0.4, 0.5) is 0 Å². The molecule has 9 atom stereocenters. The van der Waals surface area contributed by atoms with E-state index >= 15 is 0 Å². The number of primary amides is 1. The van der Waals surface area contributed by atoms with E-state index in [2.05, 4.69) is 57.8 Å². The highest BCUT2D eigenvalue weighted by Crippen LogP contribution is 2.23. The van der Waals surface area contributed by atoms with Crippen molar-refractivity contribution in [2.45, 2.75) is 139 Å². The van der Waals surface area contributed by atoms with Gasteiger partial charge in [-0.3, -0.25) is 57.7 Å². The Kier molecular flexibility index (Phi) is 27.7. The van der Waals surface area contributed by atoms with Crippen LogP contribution in [0.25, 0.3) is 10.9 Å². The number of rotatable bonds is 33. The van der Waals surface area contributed by atoms with E-state index in [1.54, 1.807) is 98.9 Å². The van der Waals surface area contributed by atoms with Crippen molar-refractivity contribution in [3.05, 3.63) is 138 Å². The SMILES string of the molecule is CC(C)C[C@H](NC(=O)[C@@H](Cc1ccccc1)NC(=O)[C@H](Cc1ccc(O)cc1)NC(=O)[C@H](CO)NC(=O)[C@H](Cc1c[nH]c2ccccc12)NC(=O)[C@@H](Cc1ccccc1)NC(=O)[C@@H]1CCC(=O)N1)C(=O)N[C@@H](CCCN=C(N)N)C(=O)N1CCC[C@H]1C(=O)NCC(N)=O.Cl. The van der Waals surface area contributed by atoms with Gasteiger partial charge >= 0.3 is 0 Å². The molecule has 94 heavy (non-hydrogen) atoms. The van der Waals surface area contributed by atoms with Crippen LogP contribution in [0.3, 0.4) is 0 Å². The molecule has 7 rings (SSSR count). The molecule has 0 saturated carbocycles. The maximum absolute atomic E-state index is 14.9. The number of aliphatic hydroxyl groups is 1. The molecule has 0 bridgehead atoms. The van der Waals surface area contributed by atoms with E-state index in [1.165, 1.54) is 29.2 Å². The van der Waals surface area contributed by atoms with Gasteiger partial charge in [-0.2, -0.15) is 0 Å². The molecule has 11 amide bonds. The van der Waals surface area contributed by atoms with Gasteiger partial charge in [0.05, 0.1) is 13.2 Å². The molecule has 0 aliphatic carbocycles. The van der Waals surface area contributed by atoms with E-state index in [0.717, 1.165) is 0 Å². The predicted molar refractivity (Wildman–Crippen MR) is 349 cm³/mol. The average Bonchev–Trinajstić information content (AvgIpc) is 1.62. The van der Waals surface area contributed by atoms with E-state index in [0.29, 0.717) is 39.6 Å². The summed E-state index contributed by atoms with van der Waals surface area (Å²) in [6.45, 7) is 2.36. The number of amides is 11. The van der Waals surface area contributed by atoms with Gasteiger partial charge in [0.2, 0.25) is 65.0 Å². The molecule has 0 radical (unpaired) electrons. The van der Waals surface area contributed by atoms with Crippen LogP contribution in [-0.4, -0.2) is 172 Å². The number of aromatic nitrogens is 1. The number of aliphatic imine (C=N–C) groups is 1. The van der Waals surface area contributed by atoms with Crippen molar-refractivity contribution in [1.82, 2.24) is 57.7 Å². The van der Waals surface area contributed by atoms with Gasteiger partial charge < -0.3 is 85.1 Å². The maximum Gasteiger partial charge on any atom is 0.245 e. The molecule has 1 aromatic heterocycles. The van der Waals surface area contributed by atoms with Crippen molar-refractivity contribution in [2.75, 3.05) is 26.2 Å². The molecule has 4 aromatic carbocycles. The molecule has 2 saturated heterocycles. The first-order valence-corrected chi connectivity index (χ1v) is 30.9. The van der Waals surface area contributed by atoms with Crippen LogP contribution in [-0.2, 0) is 78.4 Å². The van der Waals surface area contributed by atoms with Crippen molar-refractivity contribution in [2.24, 2.45) is 28.1 Å². The molecule has 18 N–H and O–H groups in total. The number of carbonyl (C=O) groups excluding carboxylic acids is 11. The number of hydrogen-bond acceptors (Lipinski definition) is 14. The quantitative estimate of drug-likeness (QED) is 0.0135. The Morgan fingerprint density at radius 3 is 1.65 bits per heavy atom. The van der Waals surface area contributed by atoms with Gasteiger partial charge in [0.25, 0.3) is 0 Å². The Morgan fingerprint density at radius 2 is 1.11 bits per heavy atom. The molecule has 504 valence electrons. The van der Waals surface area contributed by atoms with Crippen LogP contribution in [0.2, 0.25) is 0 Å². The number of likely N-dealkylation sites (tertiary alicyclic amines) is 1. The normalized spacial score (nSPS) is 16.4. The highest BCUT2D eigenvalue weighted by molar-refractivity contribution is 6.00. The second kappa shape index (κ2) is 35.7. The molecule has 5 aromatic rings. The van der Waals surface area contributed by atoms with Crippen molar-refractivity contribution in [3.63, 3.8) is 0 Å². The highest BCUT2D eigenvalue weighted by Gasteiger charge is 2.40. The fourth-order valence-corrected chi connectivity index (χ4v) is 11.1. The number of hydrogen-bond donors (Lipinski definition) is 15. The number of aromatic amines is 1. The Hall–Kier alpha value is -10.1. The van der Waals surface area contributed by atoms with Crippen LogP contribution in [0, 0.1) is 5.92 Å². The Labute approximate surface area is 549 Å². The number of guanidine groups is 1. The molecule has 29 heteroatoms. The summed E-state index contributed by atoms with van der Waals surface area (Å²) in [7, 11) is 0. The van der Waals surface area contributed by atoms with Crippen LogP contribution in [0.5, 0.6) is 5.75 Å². The first-order valence-electron chi connectivity index (χ1n) is 30.9. The van der Waals surface area contributed by atoms with Gasteiger partial charge in [-0.1, -0.05) is 105 Å². The van der Waals surface area contributed by atoms with Gasteiger partial charge in [0, 0.05) is 62.3 Å². The standard InChI is InChI=1S/C65H83N15O13.ClH/c1-37(2)29-47(57(86)73-46(19-11-27-69-65(67)68)64(93)80-28-12-20-53(80)63(92)71-35-54(66)83)74-58(87)49(31-39-15-7-4-8-16-39)76-59(88)50(32-40-21-23-42(82)24-22-40)77-62(91)52(36-81)79-61(90)51(33-41-34-70-44-18-10-9-17-43(41)44)78-60(89)48(30-38-13-5-3-6-14-38)75-56(85)45-25-26-55(84)72-45;/h3-10,13-18,21-24,34,37,45-53,70,81-82H,11-12,19-20,25-33,35-36H2,1-2H3,(H2,66,83)(H,71,92)(H,72,84)(H,73,86)(H,74,87)(H,75,85)(H,76,88)(H,77,91)(H,78,89)(H,79,90)(H4,67,68,69);1H/t45-,46-,47-,48+,49+,50-,51-,52-,53-;/m0./s1. The van der Waals surface area contributed by atoms with Crippen molar-refractivity contribution < 1.29 is 63.0 Å². The second-order valence-electron chi connectivity index (χ2n) is 23.5. The number of para-hydroxylation sites is 1. The molecule has 0 unspecified atom stereocenters. The van der Waals surface area contributed by atoms with Gasteiger partial charge in [0.15, 0.2) is 5.96 Å². The Balaban J connectivity index is 0.0000140. The lowest BCUT2D eigenvalue weighted by molar-refractivity contribution is -0.142. The number of phenolic OH excluding ortho intramolecular Hbond substituents is 1. The largest absolute Gasteiger partial charge is 0.508 e. The lowest BCUT2D eigenvalue weighted by atomic mass is 9.99. The lowest BCUT2D eigenvalue weighted by Crippen LogP contribution is -2.61. The summed E-state index contributed by atoms with van der Waals surface area (Å²) in [5, 5.41) is 45.8. The number of nitrogens with one attached hydrogen (secondary N) is 10. The van der Waals surface area contributed by atoms with Crippen LogP contribution >= 0.6 is 12.4 Å². The van der Waals surface area contributed by atoms with Crippen LogP contribution in [0.15, 0.2) is 120 Å². The summed E-state index contributed by atoms with van der Waals surface area (Å²) in [4.78, 5) is 161. The van der Waals surface area contributed by atoms with E-state index in [9.17, 15) is 63.0 Å². The molecule has 2 aliphatic heterocycles. The average molecular weight is 1320 g/mol. The number of aromatic hydroxyl groups is 1. The lowest BCUT2D eigenvalue weighted by Gasteiger charge is -2.30. The fraction of sp³-hybridized carbons (Fsp3) is 0.415. The van der Waals surface area contributed by atoms with Gasteiger partial charge in [0.1, 0.15) is 60.1 Å². The molecular weight excluding hydrogens is 1230 g/mol. The van der Waals surface area contributed by atoms with Crippen LogP contribution in [0.1, 0.15) is 81.0 Å². The zero-order chi connectivity index (χ0) is 67.1. The van der Waals surface area contributed by atoms with E-state index in [4.69, 9.17) is 17.2 Å². The number of phenols is 1. The number of nitrogens with two attached hydrogens (primary N) is 3. The van der Waals surface area contributed by atoms with Crippen molar-refractivity contribution in [3.8, 4) is 5.75 Å². The highest BCUT2D eigenvalue weighted by atomic mass is 35.5. The summed E-state index contributed by atoms with van der Waals surface area (Å²) >= 11 is 0.